The molecule has 1 heterocycles. The molecule has 1 aliphatic heterocycles. The van der Waals surface area contributed by atoms with E-state index >= 15 is 0 Å². The second-order valence-corrected chi connectivity index (χ2v) is 2.85. The maximum Gasteiger partial charge on any atom is 0.0457 e. The molecule has 74 valence electrons. The van der Waals surface area contributed by atoms with E-state index in [-0.39, 0.29) is 0 Å². The lowest BCUT2D eigenvalue weighted by Gasteiger charge is -1.93. The van der Waals surface area contributed by atoms with Gasteiger partial charge in [0.1, 0.15) is 0 Å². The molecule has 0 aliphatic carbocycles. The zero-order valence-corrected chi connectivity index (χ0v) is 8.98. The van der Waals surface area contributed by atoms with Gasteiger partial charge in [-0.3, -0.25) is 0 Å². The Kier molecular flexibility index (Phi) is 15.7. The summed E-state index contributed by atoms with van der Waals surface area (Å²) in [6.45, 7) is 13.8. The standard InChI is InChI=1S/C4H10N2.C3H8.C3H6/c1-4-2-5-3-6-4;2*1-3-2/h4-6H,2-3H2,1H3;3H2,1-2H3;3H,1H2,2H3. The lowest BCUT2D eigenvalue weighted by atomic mass is 10.4. The van der Waals surface area contributed by atoms with Crippen LogP contribution in [0.1, 0.15) is 34.1 Å². The molecule has 2 heteroatoms. The van der Waals surface area contributed by atoms with E-state index < -0.39 is 0 Å². The van der Waals surface area contributed by atoms with Crippen molar-refractivity contribution in [1.82, 2.24) is 10.6 Å². The average molecular weight is 172 g/mol. The lowest BCUT2D eigenvalue weighted by Crippen LogP contribution is -2.18. The van der Waals surface area contributed by atoms with Crippen LogP contribution in [0.5, 0.6) is 0 Å². The van der Waals surface area contributed by atoms with Crippen LogP contribution in [0.4, 0.5) is 0 Å². The number of hydrogen-bond acceptors (Lipinski definition) is 2. The highest BCUT2D eigenvalue weighted by molar-refractivity contribution is 4.68. The molecule has 0 spiro atoms. The zero-order valence-electron chi connectivity index (χ0n) is 8.98. The van der Waals surface area contributed by atoms with E-state index in [0.29, 0.717) is 6.04 Å². The zero-order chi connectivity index (χ0) is 9.82. The van der Waals surface area contributed by atoms with Crippen LogP contribution in [-0.4, -0.2) is 19.3 Å². The molecular weight excluding hydrogens is 148 g/mol. The van der Waals surface area contributed by atoms with Gasteiger partial charge in [-0.05, 0) is 13.8 Å². The van der Waals surface area contributed by atoms with E-state index in [0.717, 1.165) is 13.2 Å². The van der Waals surface area contributed by atoms with Gasteiger partial charge in [0.05, 0.1) is 0 Å². The van der Waals surface area contributed by atoms with Crippen LogP contribution in [0.3, 0.4) is 0 Å². The van der Waals surface area contributed by atoms with E-state index in [1.165, 1.54) is 6.42 Å². The molecule has 0 aromatic carbocycles. The van der Waals surface area contributed by atoms with E-state index in [1.54, 1.807) is 6.08 Å². The summed E-state index contributed by atoms with van der Waals surface area (Å²) in [4.78, 5) is 0. The molecule has 2 nitrogen and oxygen atoms in total. The largest absolute Gasteiger partial charge is 0.303 e. The number of rotatable bonds is 0. The average Bonchev–Trinajstić information content (AvgIpc) is 2.43. The summed E-state index contributed by atoms with van der Waals surface area (Å²) in [5.41, 5.74) is 0. The van der Waals surface area contributed by atoms with Gasteiger partial charge in [-0.2, -0.15) is 0 Å². The third-order valence-electron chi connectivity index (χ3n) is 1.03. The van der Waals surface area contributed by atoms with Gasteiger partial charge in [0.2, 0.25) is 0 Å². The first-order valence-corrected chi connectivity index (χ1v) is 4.73. The molecule has 1 rings (SSSR count). The SMILES string of the molecule is C=CC.CC1CNCN1.CCC. The Labute approximate surface area is 77.4 Å². The Morgan fingerprint density at radius 1 is 1.50 bits per heavy atom. The Morgan fingerprint density at radius 3 is 2.00 bits per heavy atom. The summed E-state index contributed by atoms with van der Waals surface area (Å²) in [5.74, 6) is 0. The van der Waals surface area contributed by atoms with Crippen molar-refractivity contribution in [3.05, 3.63) is 12.7 Å². The maximum atomic E-state index is 3.36. The molecule has 0 amide bonds. The molecule has 12 heavy (non-hydrogen) atoms. The fraction of sp³-hybridized carbons (Fsp3) is 0.800. The third-order valence-corrected chi connectivity index (χ3v) is 1.03. The van der Waals surface area contributed by atoms with Gasteiger partial charge >= 0.3 is 0 Å². The number of hydrogen-bond donors (Lipinski definition) is 2. The highest BCUT2D eigenvalue weighted by Crippen LogP contribution is 1.80. The first kappa shape index (κ1) is 14.2. The maximum absolute atomic E-state index is 3.36. The minimum atomic E-state index is 0.685. The van der Waals surface area contributed by atoms with Gasteiger partial charge in [0, 0.05) is 19.3 Å². The van der Waals surface area contributed by atoms with Gasteiger partial charge in [-0.25, -0.2) is 0 Å². The summed E-state index contributed by atoms with van der Waals surface area (Å²) in [6, 6.07) is 0.685. The topological polar surface area (TPSA) is 24.1 Å². The van der Waals surface area contributed by atoms with Gasteiger partial charge < -0.3 is 10.6 Å². The highest BCUT2D eigenvalue weighted by atomic mass is 15.2. The molecule has 0 bridgehead atoms. The second kappa shape index (κ2) is 13.3. The molecule has 1 atom stereocenters. The van der Waals surface area contributed by atoms with Gasteiger partial charge in [0.25, 0.3) is 0 Å². The van der Waals surface area contributed by atoms with Crippen LogP contribution in [0.2, 0.25) is 0 Å². The Hall–Kier alpha value is -0.340. The molecule has 1 aliphatic rings. The highest BCUT2D eigenvalue weighted by Gasteiger charge is 2.04. The van der Waals surface area contributed by atoms with Crippen molar-refractivity contribution in [2.45, 2.75) is 40.2 Å². The van der Waals surface area contributed by atoms with Crippen LogP contribution in [0.15, 0.2) is 12.7 Å². The molecule has 0 aromatic heterocycles. The van der Waals surface area contributed by atoms with E-state index in [4.69, 9.17) is 0 Å². The molecule has 0 radical (unpaired) electrons. The molecule has 2 N–H and O–H groups in total. The predicted octanol–water partition coefficient (Wildman–Crippen LogP) is 2.13. The van der Waals surface area contributed by atoms with Gasteiger partial charge in [-0.15, -0.1) is 6.58 Å². The summed E-state index contributed by atoms with van der Waals surface area (Å²) in [6.07, 6.45) is 3.00. The molecule has 0 saturated carbocycles. The smallest absolute Gasteiger partial charge is 0.0457 e. The molecule has 1 fully saturated rings. The Bertz CT molecular complexity index is 75.9. The van der Waals surface area contributed by atoms with E-state index in [1.807, 2.05) is 6.92 Å². The van der Waals surface area contributed by atoms with Gasteiger partial charge in [0.15, 0.2) is 0 Å². The van der Waals surface area contributed by atoms with Crippen molar-refractivity contribution < 1.29 is 0 Å². The Morgan fingerprint density at radius 2 is 1.92 bits per heavy atom. The van der Waals surface area contributed by atoms with Gasteiger partial charge in [-0.1, -0.05) is 26.3 Å². The van der Waals surface area contributed by atoms with Crippen molar-refractivity contribution in [3.63, 3.8) is 0 Å². The summed E-state index contributed by atoms with van der Waals surface area (Å²) in [5, 5.41) is 6.37. The van der Waals surface area contributed by atoms with Crippen LogP contribution in [0, 0.1) is 0 Å². The number of nitrogens with one attached hydrogen (secondary N) is 2. The predicted molar refractivity (Wildman–Crippen MR) is 57.3 cm³/mol. The summed E-state index contributed by atoms with van der Waals surface area (Å²) >= 11 is 0. The van der Waals surface area contributed by atoms with Crippen molar-refractivity contribution in [1.29, 1.82) is 0 Å². The summed E-state index contributed by atoms with van der Waals surface area (Å²) in [7, 11) is 0. The normalized spacial score (nSPS) is 19.8. The molecular formula is C10H24N2. The molecule has 0 aromatic rings. The second-order valence-electron chi connectivity index (χ2n) is 2.85. The molecule has 1 saturated heterocycles. The van der Waals surface area contributed by atoms with E-state index in [2.05, 4.69) is 38.0 Å². The van der Waals surface area contributed by atoms with Crippen LogP contribution in [0.25, 0.3) is 0 Å². The minimum Gasteiger partial charge on any atom is -0.303 e. The van der Waals surface area contributed by atoms with Crippen molar-refractivity contribution in [3.8, 4) is 0 Å². The van der Waals surface area contributed by atoms with Crippen LogP contribution >= 0.6 is 0 Å². The fourth-order valence-electron chi connectivity index (χ4n) is 0.607. The first-order chi connectivity index (χ1) is 5.72. The van der Waals surface area contributed by atoms with Crippen LogP contribution in [-0.2, 0) is 0 Å². The number of allylic oxidation sites excluding steroid dienone is 1. The monoisotopic (exact) mass is 172 g/mol. The molecule has 1 unspecified atom stereocenters. The minimum absolute atomic E-state index is 0.685. The lowest BCUT2D eigenvalue weighted by molar-refractivity contribution is 0.692. The fourth-order valence-corrected chi connectivity index (χ4v) is 0.607. The third kappa shape index (κ3) is 16.3. The Balaban J connectivity index is 0. The van der Waals surface area contributed by atoms with Crippen molar-refractivity contribution in [2.24, 2.45) is 0 Å². The van der Waals surface area contributed by atoms with Crippen molar-refractivity contribution >= 4 is 0 Å². The van der Waals surface area contributed by atoms with Crippen molar-refractivity contribution in [2.75, 3.05) is 13.2 Å². The van der Waals surface area contributed by atoms with Crippen LogP contribution < -0.4 is 10.6 Å². The first-order valence-electron chi connectivity index (χ1n) is 4.73. The quantitative estimate of drug-likeness (QED) is 0.547. The summed E-state index contributed by atoms with van der Waals surface area (Å²) < 4.78 is 0. The van der Waals surface area contributed by atoms with E-state index in [9.17, 15) is 0 Å².